The van der Waals surface area contributed by atoms with E-state index < -0.39 is 0 Å². The van der Waals surface area contributed by atoms with E-state index in [0.29, 0.717) is 23.7 Å². The fraction of sp³-hybridized carbons (Fsp3) is 0.368. The summed E-state index contributed by atoms with van der Waals surface area (Å²) >= 11 is 1.30. The maximum absolute atomic E-state index is 12.6. The third-order valence-corrected chi connectivity index (χ3v) is 5.43. The van der Waals surface area contributed by atoms with Gasteiger partial charge in [-0.15, -0.1) is 11.3 Å². The molecule has 25 heavy (non-hydrogen) atoms. The zero-order valence-corrected chi connectivity index (χ0v) is 15.9. The van der Waals surface area contributed by atoms with Crippen LogP contribution in [0.4, 0.5) is 0 Å². The summed E-state index contributed by atoms with van der Waals surface area (Å²) < 4.78 is 13.2. The van der Waals surface area contributed by atoms with Gasteiger partial charge >= 0.3 is 11.9 Å². The molecule has 0 aliphatic carbocycles. The Morgan fingerprint density at radius 2 is 1.68 bits per heavy atom. The summed E-state index contributed by atoms with van der Waals surface area (Å²) in [6, 6.07) is 2.04. The number of esters is 2. The van der Waals surface area contributed by atoms with E-state index in [0.717, 1.165) is 32.4 Å². The molecule has 3 heterocycles. The number of pyridine rings is 1. The molecular formula is C19H21NO4S. The van der Waals surface area contributed by atoms with E-state index in [1.54, 1.807) is 13.8 Å². The summed E-state index contributed by atoms with van der Waals surface area (Å²) in [4.78, 5) is 25.4. The van der Waals surface area contributed by atoms with Crippen LogP contribution in [0.2, 0.25) is 0 Å². The molecule has 0 radical (unpaired) electrons. The number of nitrogens with zero attached hydrogens (tertiary/aromatic N) is 1. The fourth-order valence-electron chi connectivity index (χ4n) is 3.26. The summed E-state index contributed by atoms with van der Waals surface area (Å²) in [5.41, 5.74) is 5.15. The standard InChI is InChI=1S/C19H21NO4S/c1-6-23-18(21)13-14-11(4)8-10(3)9-20(14)15-12(5)16(25-17(13)15)19(22)24-7-2/h8-9H,6-7H2,1-5H3. The lowest BCUT2D eigenvalue weighted by atomic mass is 10.1. The molecule has 0 aliphatic heterocycles. The van der Waals surface area contributed by atoms with Gasteiger partial charge in [0, 0.05) is 6.20 Å². The van der Waals surface area contributed by atoms with Gasteiger partial charge in [0.25, 0.3) is 0 Å². The number of hydrogen-bond donors (Lipinski definition) is 0. The van der Waals surface area contributed by atoms with Crippen LogP contribution >= 0.6 is 11.3 Å². The minimum absolute atomic E-state index is 0.303. The molecule has 3 aromatic heterocycles. The van der Waals surface area contributed by atoms with Gasteiger partial charge in [0.05, 0.1) is 28.9 Å². The van der Waals surface area contributed by atoms with Crippen molar-refractivity contribution >= 4 is 39.0 Å². The van der Waals surface area contributed by atoms with Crippen molar-refractivity contribution in [1.82, 2.24) is 4.40 Å². The molecule has 0 atom stereocenters. The molecule has 6 heteroatoms. The minimum atomic E-state index is -0.362. The summed E-state index contributed by atoms with van der Waals surface area (Å²) in [5, 5.41) is 0. The average molecular weight is 359 g/mol. The first-order chi connectivity index (χ1) is 11.9. The Morgan fingerprint density at radius 1 is 1.04 bits per heavy atom. The number of aryl methyl sites for hydroxylation is 3. The Morgan fingerprint density at radius 3 is 2.32 bits per heavy atom. The highest BCUT2D eigenvalue weighted by Crippen LogP contribution is 2.39. The first-order valence-corrected chi connectivity index (χ1v) is 9.10. The van der Waals surface area contributed by atoms with E-state index in [1.165, 1.54) is 11.3 Å². The highest BCUT2D eigenvalue weighted by molar-refractivity contribution is 7.21. The van der Waals surface area contributed by atoms with Crippen LogP contribution < -0.4 is 0 Å². The van der Waals surface area contributed by atoms with E-state index in [4.69, 9.17) is 9.47 Å². The van der Waals surface area contributed by atoms with Gasteiger partial charge in [0.2, 0.25) is 0 Å². The second-order valence-corrected chi connectivity index (χ2v) is 6.99. The number of carbonyl (C=O) groups is 2. The van der Waals surface area contributed by atoms with Crippen molar-refractivity contribution in [3.05, 3.63) is 39.4 Å². The number of aromatic nitrogens is 1. The first kappa shape index (κ1) is 17.5. The van der Waals surface area contributed by atoms with Crippen molar-refractivity contribution in [2.24, 2.45) is 0 Å². The molecule has 5 nitrogen and oxygen atoms in total. The molecular weight excluding hydrogens is 338 g/mol. The Bertz CT molecular complexity index is 996. The van der Waals surface area contributed by atoms with E-state index in [9.17, 15) is 9.59 Å². The normalized spacial score (nSPS) is 11.2. The largest absolute Gasteiger partial charge is 0.462 e. The smallest absolute Gasteiger partial charge is 0.348 e. The Balaban J connectivity index is 2.42. The lowest BCUT2D eigenvalue weighted by Crippen LogP contribution is -2.06. The quantitative estimate of drug-likeness (QED) is 0.647. The topological polar surface area (TPSA) is 57.0 Å². The van der Waals surface area contributed by atoms with Crippen molar-refractivity contribution < 1.29 is 19.1 Å². The molecule has 0 bridgehead atoms. The number of fused-ring (bicyclic) bond motifs is 3. The summed E-state index contributed by atoms with van der Waals surface area (Å²) in [5.74, 6) is -0.715. The molecule has 0 N–H and O–H groups in total. The van der Waals surface area contributed by atoms with Crippen LogP contribution in [0.1, 0.15) is 50.6 Å². The molecule has 0 unspecified atom stereocenters. The van der Waals surface area contributed by atoms with Gasteiger partial charge in [-0.3, -0.25) is 0 Å². The number of rotatable bonds is 4. The third-order valence-electron chi connectivity index (χ3n) is 4.15. The highest BCUT2D eigenvalue weighted by Gasteiger charge is 2.27. The summed E-state index contributed by atoms with van der Waals surface area (Å²) in [6.07, 6.45) is 1.99. The lowest BCUT2D eigenvalue weighted by Gasteiger charge is -2.07. The van der Waals surface area contributed by atoms with E-state index >= 15 is 0 Å². The first-order valence-electron chi connectivity index (χ1n) is 8.29. The van der Waals surface area contributed by atoms with Crippen LogP contribution in [-0.2, 0) is 9.47 Å². The van der Waals surface area contributed by atoms with Crippen molar-refractivity contribution in [1.29, 1.82) is 0 Å². The number of carbonyl (C=O) groups excluding carboxylic acids is 2. The predicted octanol–water partition coefficient (Wildman–Crippen LogP) is 4.43. The number of hydrogen-bond acceptors (Lipinski definition) is 5. The van der Waals surface area contributed by atoms with Gasteiger partial charge in [-0.25, -0.2) is 9.59 Å². The van der Waals surface area contributed by atoms with Crippen LogP contribution in [0.3, 0.4) is 0 Å². The second kappa shape index (κ2) is 6.52. The third kappa shape index (κ3) is 2.70. The molecule has 0 amide bonds. The van der Waals surface area contributed by atoms with Crippen molar-refractivity contribution in [3.63, 3.8) is 0 Å². The van der Waals surface area contributed by atoms with Crippen LogP contribution in [0.5, 0.6) is 0 Å². The van der Waals surface area contributed by atoms with E-state index in [1.807, 2.05) is 37.4 Å². The molecule has 3 aromatic rings. The SMILES string of the molecule is CCOC(=O)c1sc2c(C(=O)OCC)c3c(C)cc(C)cn3c2c1C. The minimum Gasteiger partial charge on any atom is -0.462 e. The molecule has 0 aliphatic rings. The van der Waals surface area contributed by atoms with Gasteiger partial charge in [0.1, 0.15) is 10.4 Å². The molecule has 3 rings (SSSR count). The molecule has 0 saturated heterocycles. The van der Waals surface area contributed by atoms with Crippen LogP contribution in [0, 0.1) is 20.8 Å². The Labute approximate surface area is 150 Å². The van der Waals surface area contributed by atoms with Crippen molar-refractivity contribution in [2.75, 3.05) is 13.2 Å². The monoisotopic (exact) mass is 359 g/mol. The molecule has 0 saturated carbocycles. The summed E-state index contributed by atoms with van der Waals surface area (Å²) in [6.45, 7) is 10.1. The van der Waals surface area contributed by atoms with E-state index in [-0.39, 0.29) is 11.9 Å². The Kier molecular flexibility index (Phi) is 4.56. The Hall–Kier alpha value is -2.34. The van der Waals surface area contributed by atoms with Gasteiger partial charge in [-0.1, -0.05) is 6.07 Å². The number of thiophene rings is 1. The zero-order chi connectivity index (χ0) is 18.3. The van der Waals surface area contributed by atoms with Crippen LogP contribution in [0.25, 0.3) is 15.7 Å². The molecule has 132 valence electrons. The molecule has 0 aromatic carbocycles. The van der Waals surface area contributed by atoms with Gasteiger partial charge in [0.15, 0.2) is 0 Å². The van der Waals surface area contributed by atoms with Crippen molar-refractivity contribution in [3.8, 4) is 0 Å². The highest BCUT2D eigenvalue weighted by atomic mass is 32.1. The predicted molar refractivity (Wildman–Crippen MR) is 98.9 cm³/mol. The lowest BCUT2D eigenvalue weighted by molar-refractivity contribution is 0.0520. The average Bonchev–Trinajstić information content (AvgIpc) is 3.03. The van der Waals surface area contributed by atoms with Crippen LogP contribution in [-0.4, -0.2) is 29.6 Å². The summed E-state index contributed by atoms with van der Waals surface area (Å²) in [7, 11) is 0. The molecule has 0 fully saturated rings. The number of ether oxygens (including phenoxy) is 2. The maximum atomic E-state index is 12.6. The van der Waals surface area contributed by atoms with Gasteiger partial charge < -0.3 is 13.9 Å². The van der Waals surface area contributed by atoms with Gasteiger partial charge in [-0.05, 0) is 51.3 Å². The maximum Gasteiger partial charge on any atom is 0.348 e. The molecule has 0 spiro atoms. The van der Waals surface area contributed by atoms with Crippen molar-refractivity contribution in [2.45, 2.75) is 34.6 Å². The van der Waals surface area contributed by atoms with Gasteiger partial charge in [-0.2, -0.15) is 0 Å². The van der Waals surface area contributed by atoms with Crippen LogP contribution in [0.15, 0.2) is 12.3 Å². The zero-order valence-electron chi connectivity index (χ0n) is 15.1. The second-order valence-electron chi connectivity index (χ2n) is 5.97. The fourth-order valence-corrected chi connectivity index (χ4v) is 4.48. The van der Waals surface area contributed by atoms with E-state index in [2.05, 4.69) is 0 Å².